The van der Waals surface area contributed by atoms with Crippen LogP contribution >= 0.6 is 11.3 Å². The topological polar surface area (TPSA) is 99.4 Å². The molecule has 3 aromatic rings. The number of aromatic nitrogens is 1. The second kappa shape index (κ2) is 10.4. The molecule has 0 N–H and O–H groups in total. The molecule has 2 atom stereocenters. The smallest absolute Gasteiger partial charge is 0.279 e. The van der Waals surface area contributed by atoms with Crippen LogP contribution < -0.4 is 14.3 Å². The second-order valence-electron chi connectivity index (χ2n) is 8.37. The van der Waals surface area contributed by atoms with Crippen LogP contribution in [0, 0.1) is 12.3 Å². The Labute approximate surface area is 214 Å². The minimum absolute atomic E-state index is 0.115. The van der Waals surface area contributed by atoms with Crippen molar-refractivity contribution < 1.29 is 27.4 Å². The SMILES string of the molecule is C#CCn1c(=NC(=O)c2ccc(S(=O)(=O)N3C[C@H](C)O[C@@H](C)C3)cc2)sc2cc(OC)c(OC)cc21. The summed E-state index contributed by atoms with van der Waals surface area (Å²) in [5.74, 6) is 3.17. The molecule has 4 rings (SSSR count). The number of carbonyl (C=O) groups is 1. The van der Waals surface area contributed by atoms with Gasteiger partial charge in [0.2, 0.25) is 10.0 Å². The van der Waals surface area contributed by atoms with Crippen LogP contribution in [0.25, 0.3) is 10.2 Å². The monoisotopic (exact) mass is 529 g/mol. The Hall–Kier alpha value is -3.17. The van der Waals surface area contributed by atoms with Gasteiger partial charge in [-0.05, 0) is 38.1 Å². The van der Waals surface area contributed by atoms with E-state index in [0.717, 1.165) is 10.2 Å². The van der Waals surface area contributed by atoms with Gasteiger partial charge in [-0.2, -0.15) is 9.30 Å². The number of fused-ring (bicyclic) bond motifs is 1. The Morgan fingerprint density at radius 2 is 1.75 bits per heavy atom. The van der Waals surface area contributed by atoms with Gasteiger partial charge in [0, 0.05) is 30.8 Å². The number of morpholine rings is 1. The Morgan fingerprint density at radius 1 is 1.14 bits per heavy atom. The molecule has 36 heavy (non-hydrogen) atoms. The number of terminal acetylenes is 1. The maximum atomic E-state index is 13.1. The van der Waals surface area contributed by atoms with Crippen LogP contribution in [0.15, 0.2) is 46.3 Å². The van der Waals surface area contributed by atoms with Crippen LogP contribution in [0.4, 0.5) is 0 Å². The molecule has 1 aromatic heterocycles. The normalized spacial score (nSPS) is 19.2. The minimum Gasteiger partial charge on any atom is -0.493 e. The zero-order valence-corrected chi connectivity index (χ0v) is 22.1. The third kappa shape index (κ3) is 5.03. The molecular formula is C25H27N3O6S2. The number of hydrogen-bond donors (Lipinski definition) is 0. The summed E-state index contributed by atoms with van der Waals surface area (Å²) in [6, 6.07) is 9.40. The minimum atomic E-state index is -3.71. The van der Waals surface area contributed by atoms with E-state index in [2.05, 4.69) is 10.9 Å². The molecule has 0 aliphatic carbocycles. The summed E-state index contributed by atoms with van der Waals surface area (Å²) in [5.41, 5.74) is 1.02. The first kappa shape index (κ1) is 25.9. The van der Waals surface area contributed by atoms with Crippen molar-refractivity contribution in [3.05, 3.63) is 46.8 Å². The first-order valence-corrected chi connectivity index (χ1v) is 13.5. The van der Waals surface area contributed by atoms with Gasteiger partial charge in [0.05, 0.1) is 48.1 Å². The van der Waals surface area contributed by atoms with Crippen LogP contribution in [-0.4, -0.2) is 62.7 Å². The number of ether oxygens (including phenoxy) is 3. The van der Waals surface area contributed by atoms with Crippen LogP contribution in [0.3, 0.4) is 0 Å². The standard InChI is InChI=1S/C25H27N3O6S2/c1-6-11-28-20-12-21(32-4)22(33-5)13-23(20)35-25(28)26-24(29)18-7-9-19(10-8-18)36(30,31)27-14-16(2)34-17(3)15-27/h1,7-10,12-13,16-17H,11,14-15H2,2-5H3/t16-,17-/m0/s1. The van der Waals surface area contributed by atoms with E-state index in [1.54, 1.807) is 24.9 Å². The van der Waals surface area contributed by atoms with Gasteiger partial charge in [0.25, 0.3) is 5.91 Å². The Morgan fingerprint density at radius 3 is 2.33 bits per heavy atom. The fourth-order valence-corrected chi connectivity index (χ4v) is 6.75. The molecule has 2 heterocycles. The van der Waals surface area contributed by atoms with Gasteiger partial charge in [0.1, 0.15) is 0 Å². The molecule has 11 heteroatoms. The van der Waals surface area contributed by atoms with Crippen molar-refractivity contribution in [2.75, 3.05) is 27.3 Å². The molecule has 1 amide bonds. The van der Waals surface area contributed by atoms with Gasteiger partial charge < -0.3 is 18.8 Å². The Bertz CT molecular complexity index is 1490. The van der Waals surface area contributed by atoms with E-state index in [1.165, 1.54) is 39.9 Å². The lowest BCUT2D eigenvalue weighted by atomic mass is 10.2. The highest BCUT2D eigenvalue weighted by molar-refractivity contribution is 7.89. The molecule has 2 aromatic carbocycles. The number of hydrogen-bond acceptors (Lipinski definition) is 7. The number of carbonyl (C=O) groups excluding carboxylic acids is 1. The molecule has 0 radical (unpaired) electrons. The third-order valence-corrected chi connectivity index (χ3v) is 8.65. The lowest BCUT2D eigenvalue weighted by molar-refractivity contribution is -0.0440. The molecule has 1 saturated heterocycles. The summed E-state index contributed by atoms with van der Waals surface area (Å²) >= 11 is 1.29. The van der Waals surface area contributed by atoms with Crippen molar-refractivity contribution in [1.29, 1.82) is 0 Å². The van der Waals surface area contributed by atoms with Crippen LogP contribution in [0.1, 0.15) is 24.2 Å². The molecule has 1 aliphatic rings. The van der Waals surface area contributed by atoms with E-state index >= 15 is 0 Å². The highest BCUT2D eigenvalue weighted by atomic mass is 32.2. The predicted molar refractivity (Wildman–Crippen MR) is 137 cm³/mol. The van der Waals surface area contributed by atoms with E-state index in [0.29, 0.717) is 16.3 Å². The summed E-state index contributed by atoms with van der Waals surface area (Å²) in [4.78, 5) is 17.8. The van der Waals surface area contributed by atoms with Crippen LogP contribution in [0.2, 0.25) is 0 Å². The Balaban J connectivity index is 1.67. The summed E-state index contributed by atoms with van der Waals surface area (Å²) in [7, 11) is -0.621. The van der Waals surface area contributed by atoms with Crippen molar-refractivity contribution in [2.24, 2.45) is 4.99 Å². The van der Waals surface area contributed by atoms with E-state index in [4.69, 9.17) is 20.6 Å². The molecule has 0 unspecified atom stereocenters. The third-order valence-electron chi connectivity index (χ3n) is 5.76. The fraction of sp³-hybridized carbons (Fsp3) is 0.360. The number of thiazole rings is 1. The number of amides is 1. The largest absolute Gasteiger partial charge is 0.493 e. The van der Waals surface area contributed by atoms with Gasteiger partial charge in [-0.15, -0.1) is 6.42 Å². The average molecular weight is 530 g/mol. The zero-order chi connectivity index (χ0) is 26.0. The summed E-state index contributed by atoms with van der Waals surface area (Å²) in [6.07, 6.45) is 5.18. The number of rotatable bonds is 6. The van der Waals surface area contributed by atoms with Gasteiger partial charge in [-0.3, -0.25) is 4.79 Å². The van der Waals surface area contributed by atoms with Crippen molar-refractivity contribution in [3.8, 4) is 23.8 Å². The van der Waals surface area contributed by atoms with Crippen molar-refractivity contribution in [3.63, 3.8) is 0 Å². The zero-order valence-electron chi connectivity index (χ0n) is 20.4. The molecule has 0 spiro atoms. The first-order valence-electron chi connectivity index (χ1n) is 11.2. The van der Waals surface area contributed by atoms with E-state index in [1.807, 2.05) is 19.9 Å². The first-order chi connectivity index (χ1) is 17.2. The van der Waals surface area contributed by atoms with Gasteiger partial charge in [0.15, 0.2) is 16.3 Å². The maximum absolute atomic E-state index is 13.1. The predicted octanol–water partition coefficient (Wildman–Crippen LogP) is 2.89. The molecule has 0 bridgehead atoms. The van der Waals surface area contributed by atoms with Crippen LogP contribution in [-0.2, 0) is 21.3 Å². The molecular weight excluding hydrogens is 502 g/mol. The number of sulfonamides is 1. The van der Waals surface area contributed by atoms with Gasteiger partial charge in [-0.25, -0.2) is 8.42 Å². The lowest BCUT2D eigenvalue weighted by Crippen LogP contribution is -2.48. The summed E-state index contributed by atoms with van der Waals surface area (Å²) in [5, 5.41) is 0. The quantitative estimate of drug-likeness (QED) is 0.456. The number of methoxy groups -OCH3 is 2. The second-order valence-corrected chi connectivity index (χ2v) is 11.3. The summed E-state index contributed by atoms with van der Waals surface area (Å²) in [6.45, 7) is 4.44. The van der Waals surface area contributed by atoms with E-state index in [9.17, 15) is 13.2 Å². The molecule has 0 saturated carbocycles. The fourth-order valence-electron chi connectivity index (χ4n) is 4.12. The lowest BCUT2D eigenvalue weighted by Gasteiger charge is -2.34. The molecule has 190 valence electrons. The molecule has 9 nitrogen and oxygen atoms in total. The van der Waals surface area contributed by atoms with Crippen LogP contribution in [0.5, 0.6) is 11.5 Å². The maximum Gasteiger partial charge on any atom is 0.279 e. The van der Waals surface area contributed by atoms with Gasteiger partial charge >= 0.3 is 0 Å². The molecule has 1 aliphatic heterocycles. The highest BCUT2D eigenvalue weighted by Gasteiger charge is 2.32. The van der Waals surface area contributed by atoms with E-state index < -0.39 is 15.9 Å². The average Bonchev–Trinajstić information content (AvgIpc) is 3.18. The van der Waals surface area contributed by atoms with Crippen molar-refractivity contribution in [2.45, 2.75) is 37.5 Å². The summed E-state index contributed by atoms with van der Waals surface area (Å²) < 4.78 is 46.6. The van der Waals surface area contributed by atoms with Gasteiger partial charge in [-0.1, -0.05) is 17.3 Å². The molecule has 1 fully saturated rings. The van der Waals surface area contributed by atoms with Crippen molar-refractivity contribution >= 4 is 37.5 Å². The van der Waals surface area contributed by atoms with E-state index in [-0.39, 0.29) is 42.3 Å². The van der Waals surface area contributed by atoms with Crippen molar-refractivity contribution in [1.82, 2.24) is 8.87 Å². The number of benzene rings is 2. The highest BCUT2D eigenvalue weighted by Crippen LogP contribution is 2.33. The Kier molecular flexibility index (Phi) is 7.51. The number of nitrogens with zero attached hydrogens (tertiary/aromatic N) is 3.